The Morgan fingerprint density at radius 1 is 0.933 bits per heavy atom. The smallest absolute Gasteiger partial charge is 0.337 e. The van der Waals surface area contributed by atoms with Crippen LogP contribution < -0.4 is 4.74 Å². The summed E-state index contributed by atoms with van der Waals surface area (Å²) in [5.41, 5.74) is 5.03. The average molecular weight is 400 g/mol. The molecule has 0 heterocycles. The fraction of sp³-hybridized carbons (Fsp3) is 0.154. The van der Waals surface area contributed by atoms with Crippen molar-refractivity contribution < 1.29 is 19.1 Å². The standard InChI is InChI=1S/C26H24O4/c1-18-8-14-23(19(2)16-18)24(27)15-13-21-6-4-5-7-25(21)30-17-20-9-11-22(12-10-20)26(28)29-3/h4-16H,17H2,1-3H3/b15-13+. The Kier molecular flexibility index (Phi) is 6.81. The molecule has 30 heavy (non-hydrogen) atoms. The number of esters is 1. The predicted molar refractivity (Wildman–Crippen MR) is 118 cm³/mol. The number of aryl methyl sites for hydroxylation is 2. The summed E-state index contributed by atoms with van der Waals surface area (Å²) in [4.78, 5) is 24.1. The van der Waals surface area contributed by atoms with Crippen molar-refractivity contribution in [1.29, 1.82) is 0 Å². The van der Waals surface area contributed by atoms with Gasteiger partial charge in [-0.25, -0.2) is 4.79 Å². The van der Waals surface area contributed by atoms with E-state index in [1.54, 1.807) is 24.3 Å². The molecule has 0 aliphatic rings. The van der Waals surface area contributed by atoms with E-state index in [-0.39, 0.29) is 11.8 Å². The van der Waals surface area contributed by atoms with Crippen LogP contribution in [-0.4, -0.2) is 18.9 Å². The van der Waals surface area contributed by atoms with Gasteiger partial charge >= 0.3 is 5.97 Å². The van der Waals surface area contributed by atoms with Gasteiger partial charge in [0.15, 0.2) is 5.78 Å². The van der Waals surface area contributed by atoms with E-state index in [4.69, 9.17) is 9.47 Å². The molecule has 3 aromatic rings. The van der Waals surface area contributed by atoms with Gasteiger partial charge in [0.2, 0.25) is 0 Å². The molecule has 0 aromatic heterocycles. The minimum Gasteiger partial charge on any atom is -0.488 e. The van der Waals surface area contributed by atoms with Crippen LogP contribution in [-0.2, 0) is 11.3 Å². The number of benzene rings is 3. The van der Waals surface area contributed by atoms with Gasteiger partial charge in [-0.2, -0.15) is 0 Å². The van der Waals surface area contributed by atoms with Gasteiger partial charge in [-0.1, -0.05) is 54.1 Å². The molecule has 0 saturated heterocycles. The summed E-state index contributed by atoms with van der Waals surface area (Å²) < 4.78 is 10.7. The Morgan fingerprint density at radius 2 is 1.67 bits per heavy atom. The number of carbonyl (C=O) groups is 2. The quantitative estimate of drug-likeness (QED) is 0.296. The molecule has 4 nitrogen and oxygen atoms in total. The van der Waals surface area contributed by atoms with Gasteiger partial charge in [0.1, 0.15) is 12.4 Å². The lowest BCUT2D eigenvalue weighted by Crippen LogP contribution is -2.02. The van der Waals surface area contributed by atoms with Crippen molar-refractivity contribution in [2.45, 2.75) is 20.5 Å². The number of para-hydroxylation sites is 1. The van der Waals surface area contributed by atoms with E-state index < -0.39 is 0 Å². The van der Waals surface area contributed by atoms with Gasteiger partial charge in [-0.3, -0.25) is 4.79 Å². The Morgan fingerprint density at radius 3 is 2.37 bits per heavy atom. The van der Waals surface area contributed by atoms with E-state index in [2.05, 4.69) is 0 Å². The van der Waals surface area contributed by atoms with Crippen LogP contribution in [0.1, 0.15) is 43.0 Å². The molecule has 0 spiro atoms. The van der Waals surface area contributed by atoms with Crippen molar-refractivity contribution in [3.05, 3.63) is 106 Å². The maximum Gasteiger partial charge on any atom is 0.337 e. The number of ether oxygens (including phenoxy) is 2. The van der Waals surface area contributed by atoms with Gasteiger partial charge in [-0.15, -0.1) is 0 Å². The van der Waals surface area contributed by atoms with E-state index in [1.807, 2.05) is 68.4 Å². The van der Waals surface area contributed by atoms with Crippen LogP contribution in [0.25, 0.3) is 6.08 Å². The lowest BCUT2D eigenvalue weighted by Gasteiger charge is -2.10. The first-order valence-electron chi connectivity index (χ1n) is 9.66. The fourth-order valence-corrected chi connectivity index (χ4v) is 3.11. The molecule has 3 rings (SSSR count). The molecule has 0 aliphatic carbocycles. The van der Waals surface area contributed by atoms with Crippen molar-refractivity contribution in [1.82, 2.24) is 0 Å². The average Bonchev–Trinajstić information content (AvgIpc) is 2.76. The largest absolute Gasteiger partial charge is 0.488 e. The van der Waals surface area contributed by atoms with Gasteiger partial charge in [0, 0.05) is 11.1 Å². The maximum atomic E-state index is 12.6. The number of allylic oxidation sites excluding steroid dienone is 1. The molecule has 0 fully saturated rings. The Balaban J connectivity index is 1.70. The molecule has 152 valence electrons. The van der Waals surface area contributed by atoms with Crippen LogP contribution in [0.2, 0.25) is 0 Å². The first-order chi connectivity index (χ1) is 14.5. The molecular formula is C26H24O4. The van der Waals surface area contributed by atoms with E-state index in [0.29, 0.717) is 23.5 Å². The normalized spacial score (nSPS) is 10.8. The number of carbonyl (C=O) groups excluding carboxylic acids is 2. The SMILES string of the molecule is COC(=O)c1ccc(COc2ccccc2/C=C/C(=O)c2ccc(C)cc2C)cc1. The highest BCUT2D eigenvalue weighted by molar-refractivity contribution is 6.07. The lowest BCUT2D eigenvalue weighted by molar-refractivity contribution is 0.0600. The lowest BCUT2D eigenvalue weighted by atomic mass is 10.0. The molecule has 4 heteroatoms. The van der Waals surface area contributed by atoms with Crippen LogP contribution in [0.4, 0.5) is 0 Å². The Hall–Kier alpha value is -3.66. The first-order valence-corrected chi connectivity index (χ1v) is 9.66. The van der Waals surface area contributed by atoms with Crippen LogP contribution >= 0.6 is 0 Å². The fourth-order valence-electron chi connectivity index (χ4n) is 3.11. The van der Waals surface area contributed by atoms with Gasteiger partial charge < -0.3 is 9.47 Å². The summed E-state index contributed by atoms with van der Waals surface area (Å²) in [6.45, 7) is 4.29. The molecule has 0 amide bonds. The predicted octanol–water partition coefficient (Wildman–Crippen LogP) is 5.57. The Bertz CT molecular complexity index is 1080. The third-order valence-electron chi connectivity index (χ3n) is 4.75. The monoisotopic (exact) mass is 400 g/mol. The number of ketones is 1. The molecular weight excluding hydrogens is 376 g/mol. The minimum absolute atomic E-state index is 0.0410. The number of rotatable bonds is 7. The zero-order valence-electron chi connectivity index (χ0n) is 17.3. The highest BCUT2D eigenvalue weighted by Gasteiger charge is 2.08. The van der Waals surface area contributed by atoms with Crippen molar-refractivity contribution in [3.63, 3.8) is 0 Å². The molecule has 0 unspecified atom stereocenters. The molecule has 0 radical (unpaired) electrons. The third kappa shape index (κ3) is 5.23. The molecule has 3 aromatic carbocycles. The second-order valence-electron chi connectivity index (χ2n) is 7.03. The summed E-state index contributed by atoms with van der Waals surface area (Å²) in [6.07, 6.45) is 3.35. The van der Waals surface area contributed by atoms with Crippen molar-refractivity contribution in [2.75, 3.05) is 7.11 Å². The number of methoxy groups -OCH3 is 1. The zero-order chi connectivity index (χ0) is 21.5. The maximum absolute atomic E-state index is 12.6. The molecule has 0 N–H and O–H groups in total. The first kappa shape index (κ1) is 21.1. The van der Waals surface area contributed by atoms with Crippen LogP contribution in [0.15, 0.2) is 72.8 Å². The zero-order valence-corrected chi connectivity index (χ0v) is 17.3. The van der Waals surface area contributed by atoms with Gasteiger partial charge in [-0.05, 0) is 55.3 Å². The molecule has 0 bridgehead atoms. The topological polar surface area (TPSA) is 52.6 Å². The third-order valence-corrected chi connectivity index (χ3v) is 4.75. The number of hydrogen-bond donors (Lipinski definition) is 0. The van der Waals surface area contributed by atoms with Crippen LogP contribution in [0.5, 0.6) is 5.75 Å². The van der Waals surface area contributed by atoms with Crippen molar-refractivity contribution in [2.24, 2.45) is 0 Å². The van der Waals surface area contributed by atoms with Crippen LogP contribution in [0, 0.1) is 13.8 Å². The summed E-state index contributed by atoms with van der Waals surface area (Å²) in [7, 11) is 1.36. The summed E-state index contributed by atoms with van der Waals surface area (Å²) in [5, 5.41) is 0. The van der Waals surface area contributed by atoms with Crippen LogP contribution in [0.3, 0.4) is 0 Å². The second kappa shape index (κ2) is 9.70. The van der Waals surface area contributed by atoms with E-state index in [1.165, 1.54) is 7.11 Å². The summed E-state index contributed by atoms with van der Waals surface area (Å²) in [5.74, 6) is 0.270. The van der Waals surface area contributed by atoms with E-state index >= 15 is 0 Å². The summed E-state index contributed by atoms with van der Waals surface area (Å²) in [6, 6.07) is 20.4. The summed E-state index contributed by atoms with van der Waals surface area (Å²) >= 11 is 0. The molecule has 0 saturated carbocycles. The highest BCUT2D eigenvalue weighted by atomic mass is 16.5. The number of hydrogen-bond acceptors (Lipinski definition) is 4. The molecule has 0 aliphatic heterocycles. The molecule has 0 atom stereocenters. The second-order valence-corrected chi connectivity index (χ2v) is 7.03. The van der Waals surface area contributed by atoms with Gasteiger partial charge in [0.05, 0.1) is 12.7 Å². The Labute approximate surface area is 176 Å². The van der Waals surface area contributed by atoms with Crippen molar-refractivity contribution in [3.8, 4) is 5.75 Å². The van der Waals surface area contributed by atoms with Crippen molar-refractivity contribution >= 4 is 17.8 Å². The minimum atomic E-state index is -0.369. The highest BCUT2D eigenvalue weighted by Crippen LogP contribution is 2.22. The van der Waals surface area contributed by atoms with E-state index in [0.717, 1.165) is 22.3 Å². The van der Waals surface area contributed by atoms with E-state index in [9.17, 15) is 9.59 Å². The van der Waals surface area contributed by atoms with Gasteiger partial charge in [0.25, 0.3) is 0 Å².